The number of aromatic nitrogens is 2. The molecule has 0 amide bonds. The molecule has 0 aliphatic carbocycles. The molecule has 0 fully saturated rings. The lowest BCUT2D eigenvalue weighted by atomic mass is 10.3. The van der Waals surface area contributed by atoms with E-state index in [4.69, 9.17) is 0 Å². The Labute approximate surface area is 95.9 Å². The highest BCUT2D eigenvalue weighted by Crippen LogP contribution is 2.07. The van der Waals surface area contributed by atoms with Crippen molar-refractivity contribution in [2.75, 3.05) is 31.6 Å². The van der Waals surface area contributed by atoms with Crippen LogP contribution < -0.4 is 15.8 Å². The van der Waals surface area contributed by atoms with Crippen LogP contribution in [0, 0.1) is 6.92 Å². The summed E-state index contributed by atoms with van der Waals surface area (Å²) in [6.07, 6.45) is 1.04. The summed E-state index contributed by atoms with van der Waals surface area (Å²) in [5.41, 5.74) is -0.0898. The zero-order valence-corrected chi connectivity index (χ0v) is 10.2. The Balaban J connectivity index is 2.86. The Morgan fingerprint density at radius 3 is 2.81 bits per heavy atom. The highest BCUT2D eigenvalue weighted by Gasteiger charge is 2.07. The number of aromatic amines is 1. The first-order valence-corrected chi connectivity index (χ1v) is 5.65. The van der Waals surface area contributed by atoms with E-state index in [1.807, 2.05) is 7.05 Å². The predicted molar refractivity (Wildman–Crippen MR) is 66.0 cm³/mol. The van der Waals surface area contributed by atoms with Crippen molar-refractivity contribution in [3.63, 3.8) is 0 Å². The summed E-state index contributed by atoms with van der Waals surface area (Å²) < 4.78 is 0. The van der Waals surface area contributed by atoms with Gasteiger partial charge in [0, 0.05) is 25.7 Å². The van der Waals surface area contributed by atoms with Gasteiger partial charge in [-0.3, -0.25) is 4.79 Å². The minimum Gasteiger partial charge on any atom is -0.355 e. The van der Waals surface area contributed by atoms with Gasteiger partial charge in [-0.25, -0.2) is 4.98 Å². The molecule has 5 heteroatoms. The lowest BCUT2D eigenvalue weighted by molar-refractivity contribution is 0.699. The standard InChI is InChI=1S/C11H20N4O/c1-4-6-15(7-5-12-3)10-8-11(16)14-9(2)13-10/h8,12H,4-7H2,1-3H3,(H,13,14,16). The summed E-state index contributed by atoms with van der Waals surface area (Å²) in [5, 5.41) is 3.10. The zero-order chi connectivity index (χ0) is 12.0. The van der Waals surface area contributed by atoms with Crippen LogP contribution in [-0.2, 0) is 0 Å². The van der Waals surface area contributed by atoms with Crippen LogP contribution in [0.15, 0.2) is 10.9 Å². The van der Waals surface area contributed by atoms with Gasteiger partial charge in [0.15, 0.2) is 0 Å². The summed E-state index contributed by atoms with van der Waals surface area (Å²) in [4.78, 5) is 20.5. The minimum absolute atomic E-state index is 0.0898. The van der Waals surface area contributed by atoms with Crippen molar-refractivity contribution in [2.24, 2.45) is 0 Å². The number of anilines is 1. The van der Waals surface area contributed by atoms with Crippen LogP contribution in [0.4, 0.5) is 5.82 Å². The van der Waals surface area contributed by atoms with E-state index in [-0.39, 0.29) is 5.56 Å². The van der Waals surface area contributed by atoms with E-state index in [9.17, 15) is 4.79 Å². The van der Waals surface area contributed by atoms with E-state index in [2.05, 4.69) is 27.1 Å². The molecule has 1 aromatic heterocycles. The van der Waals surface area contributed by atoms with Gasteiger partial charge in [-0.1, -0.05) is 6.92 Å². The van der Waals surface area contributed by atoms with Crippen molar-refractivity contribution >= 4 is 5.82 Å². The predicted octanol–water partition coefficient (Wildman–Crippen LogP) is 0.514. The lowest BCUT2D eigenvalue weighted by Gasteiger charge is -2.22. The second-order valence-corrected chi connectivity index (χ2v) is 3.78. The van der Waals surface area contributed by atoms with E-state index in [0.717, 1.165) is 31.9 Å². The third-order valence-electron chi connectivity index (χ3n) is 2.30. The molecular formula is C11H20N4O. The number of H-pyrrole nitrogens is 1. The summed E-state index contributed by atoms with van der Waals surface area (Å²) in [6, 6.07) is 1.55. The molecule has 16 heavy (non-hydrogen) atoms. The molecule has 5 nitrogen and oxygen atoms in total. The summed E-state index contributed by atoms with van der Waals surface area (Å²) in [6.45, 7) is 6.57. The van der Waals surface area contributed by atoms with Crippen molar-refractivity contribution < 1.29 is 0 Å². The van der Waals surface area contributed by atoms with Gasteiger partial charge in [-0.15, -0.1) is 0 Å². The summed E-state index contributed by atoms with van der Waals surface area (Å²) >= 11 is 0. The second kappa shape index (κ2) is 6.27. The molecule has 0 saturated heterocycles. The fourth-order valence-corrected chi connectivity index (χ4v) is 1.58. The number of hydrogen-bond donors (Lipinski definition) is 2. The molecule has 0 saturated carbocycles. The summed E-state index contributed by atoms with van der Waals surface area (Å²) in [5.74, 6) is 1.42. The Morgan fingerprint density at radius 1 is 1.50 bits per heavy atom. The molecule has 90 valence electrons. The topological polar surface area (TPSA) is 61.0 Å². The van der Waals surface area contributed by atoms with E-state index >= 15 is 0 Å². The molecule has 0 radical (unpaired) electrons. The smallest absolute Gasteiger partial charge is 0.252 e. The third-order valence-corrected chi connectivity index (χ3v) is 2.30. The Morgan fingerprint density at radius 2 is 2.25 bits per heavy atom. The van der Waals surface area contributed by atoms with Gasteiger partial charge in [0.05, 0.1) is 0 Å². The number of nitrogens with one attached hydrogen (secondary N) is 2. The number of rotatable bonds is 6. The van der Waals surface area contributed by atoms with Crippen LogP contribution >= 0.6 is 0 Å². The van der Waals surface area contributed by atoms with Crippen LogP contribution in [0.3, 0.4) is 0 Å². The molecule has 0 aromatic carbocycles. The van der Waals surface area contributed by atoms with Crippen LogP contribution in [-0.4, -0.2) is 36.6 Å². The van der Waals surface area contributed by atoms with E-state index in [0.29, 0.717) is 5.82 Å². The van der Waals surface area contributed by atoms with Crippen LogP contribution in [0.2, 0.25) is 0 Å². The normalized spacial score (nSPS) is 10.4. The average molecular weight is 224 g/mol. The Bertz CT molecular complexity index is 374. The van der Waals surface area contributed by atoms with Crippen LogP contribution in [0.25, 0.3) is 0 Å². The monoisotopic (exact) mass is 224 g/mol. The molecule has 1 aromatic rings. The molecule has 0 bridgehead atoms. The molecule has 0 aliphatic rings. The largest absolute Gasteiger partial charge is 0.355 e. The molecule has 1 rings (SSSR count). The zero-order valence-electron chi connectivity index (χ0n) is 10.2. The lowest BCUT2D eigenvalue weighted by Crippen LogP contribution is -2.33. The van der Waals surface area contributed by atoms with Gasteiger partial charge in [0.25, 0.3) is 5.56 Å². The first kappa shape index (κ1) is 12.7. The fourth-order valence-electron chi connectivity index (χ4n) is 1.58. The maximum absolute atomic E-state index is 11.4. The highest BCUT2D eigenvalue weighted by molar-refractivity contribution is 5.37. The molecular weight excluding hydrogens is 204 g/mol. The molecule has 0 aliphatic heterocycles. The van der Waals surface area contributed by atoms with Gasteiger partial charge >= 0.3 is 0 Å². The number of nitrogens with zero attached hydrogens (tertiary/aromatic N) is 2. The maximum atomic E-state index is 11.4. The maximum Gasteiger partial charge on any atom is 0.252 e. The Hall–Kier alpha value is -1.36. The number of likely N-dealkylation sites (N-methyl/N-ethyl adjacent to an activating group) is 1. The van der Waals surface area contributed by atoms with Crippen molar-refractivity contribution in [2.45, 2.75) is 20.3 Å². The molecule has 0 atom stereocenters. The third kappa shape index (κ3) is 3.66. The molecule has 1 heterocycles. The van der Waals surface area contributed by atoms with E-state index in [1.165, 1.54) is 0 Å². The van der Waals surface area contributed by atoms with Crippen molar-refractivity contribution in [3.05, 3.63) is 22.2 Å². The SMILES string of the molecule is CCCN(CCNC)c1cc(=O)[nH]c(C)n1. The van der Waals surface area contributed by atoms with E-state index < -0.39 is 0 Å². The minimum atomic E-state index is -0.0898. The van der Waals surface area contributed by atoms with Gasteiger partial charge in [0.2, 0.25) is 0 Å². The van der Waals surface area contributed by atoms with E-state index in [1.54, 1.807) is 13.0 Å². The molecule has 2 N–H and O–H groups in total. The first-order valence-electron chi connectivity index (χ1n) is 5.65. The van der Waals surface area contributed by atoms with Gasteiger partial charge in [-0.05, 0) is 20.4 Å². The molecule has 0 spiro atoms. The van der Waals surface area contributed by atoms with Gasteiger partial charge < -0.3 is 15.2 Å². The fraction of sp³-hybridized carbons (Fsp3) is 0.636. The van der Waals surface area contributed by atoms with Gasteiger partial charge in [0.1, 0.15) is 11.6 Å². The summed E-state index contributed by atoms with van der Waals surface area (Å²) in [7, 11) is 1.92. The second-order valence-electron chi connectivity index (χ2n) is 3.78. The highest BCUT2D eigenvalue weighted by atomic mass is 16.1. The average Bonchev–Trinajstić information content (AvgIpc) is 2.22. The van der Waals surface area contributed by atoms with Crippen LogP contribution in [0.1, 0.15) is 19.2 Å². The quantitative estimate of drug-likeness (QED) is 0.739. The van der Waals surface area contributed by atoms with Crippen molar-refractivity contribution in [1.29, 1.82) is 0 Å². The molecule has 0 unspecified atom stereocenters. The van der Waals surface area contributed by atoms with Crippen molar-refractivity contribution in [1.82, 2.24) is 15.3 Å². The van der Waals surface area contributed by atoms with Gasteiger partial charge in [-0.2, -0.15) is 0 Å². The number of hydrogen-bond acceptors (Lipinski definition) is 4. The number of aryl methyl sites for hydroxylation is 1. The van der Waals surface area contributed by atoms with Crippen molar-refractivity contribution in [3.8, 4) is 0 Å². The van der Waals surface area contributed by atoms with Crippen LogP contribution in [0.5, 0.6) is 0 Å². The Kier molecular flexibility index (Phi) is 4.98. The first-order chi connectivity index (χ1) is 7.67.